The Morgan fingerprint density at radius 3 is 1.76 bits per heavy atom. The van der Waals surface area contributed by atoms with Crippen molar-refractivity contribution in [1.82, 2.24) is 16.0 Å². The number of carbonyl (C=O) groups is 6. The highest BCUT2D eigenvalue weighted by atomic mass is 16.4. The number of carboxylic acid groups (broad SMARTS) is 2. The van der Waals surface area contributed by atoms with Gasteiger partial charge in [-0.15, -0.1) is 0 Å². The zero-order chi connectivity index (χ0) is 25.9. The standard InChI is InChI=1S/C20H35N5O8/c1-9(2)7-12(23-17(29)11(21)5-6-14(22)26)18(30)24-13(8-15(27)28)19(31)25-16(10(3)4)20(32)33/h9-13,16H,5-8,21H2,1-4H3,(H2,22,26)(H,23,29)(H,24,30)(H,25,31)(H,27,28)(H,32,33). The number of hydrogen-bond donors (Lipinski definition) is 7. The molecule has 0 aromatic rings. The highest BCUT2D eigenvalue weighted by Gasteiger charge is 2.32. The Kier molecular flexibility index (Phi) is 12.7. The van der Waals surface area contributed by atoms with Gasteiger partial charge in [-0.2, -0.15) is 0 Å². The summed E-state index contributed by atoms with van der Waals surface area (Å²) in [5, 5.41) is 25.3. The monoisotopic (exact) mass is 473 g/mol. The third-order valence-electron chi connectivity index (χ3n) is 4.62. The molecule has 0 aliphatic heterocycles. The van der Waals surface area contributed by atoms with Crippen molar-refractivity contribution in [2.24, 2.45) is 23.3 Å². The van der Waals surface area contributed by atoms with Crippen molar-refractivity contribution >= 4 is 35.6 Å². The summed E-state index contributed by atoms with van der Waals surface area (Å²) in [7, 11) is 0. The molecular weight excluding hydrogens is 438 g/mol. The van der Waals surface area contributed by atoms with Crippen LogP contribution < -0.4 is 27.4 Å². The SMILES string of the molecule is CC(C)CC(NC(=O)C(N)CCC(N)=O)C(=O)NC(CC(=O)O)C(=O)NC(C(=O)O)C(C)C. The summed E-state index contributed by atoms with van der Waals surface area (Å²) in [6.07, 6.45) is -0.822. The molecule has 188 valence electrons. The maximum Gasteiger partial charge on any atom is 0.326 e. The largest absolute Gasteiger partial charge is 0.481 e. The van der Waals surface area contributed by atoms with Crippen LogP contribution in [0.15, 0.2) is 0 Å². The van der Waals surface area contributed by atoms with Crippen LogP contribution in [0.3, 0.4) is 0 Å². The summed E-state index contributed by atoms with van der Waals surface area (Å²) in [4.78, 5) is 71.2. The Morgan fingerprint density at radius 1 is 0.818 bits per heavy atom. The van der Waals surface area contributed by atoms with Gasteiger partial charge in [0.05, 0.1) is 12.5 Å². The number of nitrogens with two attached hydrogens (primary N) is 2. The second-order valence-electron chi connectivity index (χ2n) is 8.53. The van der Waals surface area contributed by atoms with Gasteiger partial charge in [-0.05, 0) is 24.7 Å². The molecule has 0 radical (unpaired) electrons. The first-order chi connectivity index (χ1) is 15.1. The van der Waals surface area contributed by atoms with Crippen LogP contribution in [0.5, 0.6) is 0 Å². The van der Waals surface area contributed by atoms with Crippen molar-refractivity contribution in [3.8, 4) is 0 Å². The van der Waals surface area contributed by atoms with E-state index in [1.165, 1.54) is 0 Å². The predicted molar refractivity (Wildman–Crippen MR) is 116 cm³/mol. The van der Waals surface area contributed by atoms with Crippen LogP contribution in [0.4, 0.5) is 0 Å². The molecule has 0 aliphatic carbocycles. The van der Waals surface area contributed by atoms with Crippen LogP contribution in [0, 0.1) is 11.8 Å². The van der Waals surface area contributed by atoms with E-state index in [4.69, 9.17) is 16.6 Å². The van der Waals surface area contributed by atoms with E-state index in [0.29, 0.717) is 0 Å². The fourth-order valence-corrected chi connectivity index (χ4v) is 2.83. The van der Waals surface area contributed by atoms with Gasteiger partial charge in [0.25, 0.3) is 0 Å². The van der Waals surface area contributed by atoms with Crippen molar-refractivity contribution < 1.29 is 39.0 Å². The van der Waals surface area contributed by atoms with E-state index in [2.05, 4.69) is 16.0 Å². The lowest BCUT2D eigenvalue weighted by molar-refractivity contribution is -0.144. The number of carbonyl (C=O) groups excluding carboxylic acids is 4. The quantitative estimate of drug-likeness (QED) is 0.143. The lowest BCUT2D eigenvalue weighted by Crippen LogP contribution is -2.58. The van der Waals surface area contributed by atoms with Crippen LogP contribution in [-0.2, 0) is 28.8 Å². The second kappa shape index (κ2) is 14.0. The van der Waals surface area contributed by atoms with Gasteiger partial charge < -0.3 is 37.6 Å². The van der Waals surface area contributed by atoms with Gasteiger partial charge >= 0.3 is 11.9 Å². The number of aliphatic carboxylic acids is 2. The first kappa shape index (κ1) is 29.8. The Balaban J connectivity index is 5.49. The minimum absolute atomic E-state index is 0.0347. The zero-order valence-electron chi connectivity index (χ0n) is 19.3. The van der Waals surface area contributed by atoms with Crippen LogP contribution in [0.2, 0.25) is 0 Å². The number of carboxylic acids is 2. The van der Waals surface area contributed by atoms with Gasteiger partial charge in [-0.25, -0.2) is 4.79 Å². The van der Waals surface area contributed by atoms with Gasteiger partial charge in [0.2, 0.25) is 23.6 Å². The maximum atomic E-state index is 12.8. The van der Waals surface area contributed by atoms with Crippen molar-refractivity contribution in [2.75, 3.05) is 0 Å². The molecule has 0 rings (SSSR count). The molecule has 4 amide bonds. The molecule has 0 saturated heterocycles. The Morgan fingerprint density at radius 2 is 1.33 bits per heavy atom. The predicted octanol–water partition coefficient (Wildman–Crippen LogP) is -1.70. The molecule has 0 aromatic carbocycles. The Bertz CT molecular complexity index is 740. The third kappa shape index (κ3) is 11.8. The van der Waals surface area contributed by atoms with E-state index in [9.17, 15) is 33.9 Å². The topological polar surface area (TPSA) is 231 Å². The van der Waals surface area contributed by atoms with E-state index in [0.717, 1.165) is 0 Å². The molecule has 33 heavy (non-hydrogen) atoms. The lowest BCUT2D eigenvalue weighted by Gasteiger charge is -2.26. The van der Waals surface area contributed by atoms with E-state index >= 15 is 0 Å². The average Bonchev–Trinajstić information content (AvgIpc) is 2.67. The molecule has 13 nitrogen and oxygen atoms in total. The number of amides is 4. The Hall–Kier alpha value is -3.22. The molecule has 0 fully saturated rings. The van der Waals surface area contributed by atoms with Crippen LogP contribution in [0.25, 0.3) is 0 Å². The number of rotatable bonds is 15. The van der Waals surface area contributed by atoms with E-state index < -0.39 is 72.1 Å². The maximum absolute atomic E-state index is 12.8. The molecule has 0 bridgehead atoms. The van der Waals surface area contributed by atoms with Gasteiger partial charge in [-0.3, -0.25) is 24.0 Å². The normalized spacial score (nSPS) is 14.6. The molecule has 13 heteroatoms. The number of nitrogens with one attached hydrogen (secondary N) is 3. The molecule has 0 aromatic heterocycles. The van der Waals surface area contributed by atoms with Gasteiger partial charge in [-0.1, -0.05) is 27.7 Å². The Labute approximate surface area is 192 Å². The third-order valence-corrected chi connectivity index (χ3v) is 4.62. The molecular formula is C20H35N5O8. The summed E-state index contributed by atoms with van der Waals surface area (Å²) in [5.74, 6) is -6.47. The molecule has 0 aliphatic rings. The summed E-state index contributed by atoms with van der Waals surface area (Å²) in [6.45, 7) is 6.67. The van der Waals surface area contributed by atoms with Crippen molar-refractivity contribution in [2.45, 2.75) is 77.5 Å². The van der Waals surface area contributed by atoms with E-state index in [1.54, 1.807) is 27.7 Å². The fourth-order valence-electron chi connectivity index (χ4n) is 2.83. The minimum atomic E-state index is -1.58. The summed E-state index contributed by atoms with van der Waals surface area (Å²) in [5.41, 5.74) is 10.8. The van der Waals surface area contributed by atoms with E-state index in [-0.39, 0.29) is 25.2 Å². The summed E-state index contributed by atoms with van der Waals surface area (Å²) < 4.78 is 0. The highest BCUT2D eigenvalue weighted by molar-refractivity contribution is 5.95. The van der Waals surface area contributed by atoms with E-state index in [1.807, 2.05) is 0 Å². The van der Waals surface area contributed by atoms with Crippen molar-refractivity contribution in [1.29, 1.82) is 0 Å². The molecule has 0 saturated carbocycles. The fraction of sp³-hybridized carbons (Fsp3) is 0.700. The molecule has 0 spiro atoms. The van der Waals surface area contributed by atoms with Gasteiger partial charge in [0.1, 0.15) is 18.1 Å². The van der Waals surface area contributed by atoms with Crippen LogP contribution in [0.1, 0.15) is 53.4 Å². The summed E-state index contributed by atoms with van der Waals surface area (Å²) >= 11 is 0. The average molecular weight is 474 g/mol. The number of primary amides is 1. The second-order valence-corrected chi connectivity index (χ2v) is 8.53. The minimum Gasteiger partial charge on any atom is -0.481 e. The first-order valence-corrected chi connectivity index (χ1v) is 10.5. The molecule has 4 unspecified atom stereocenters. The highest BCUT2D eigenvalue weighted by Crippen LogP contribution is 2.08. The van der Waals surface area contributed by atoms with Crippen LogP contribution in [-0.4, -0.2) is 69.9 Å². The molecule has 0 heterocycles. The number of hydrogen-bond acceptors (Lipinski definition) is 7. The van der Waals surface area contributed by atoms with Crippen molar-refractivity contribution in [3.63, 3.8) is 0 Å². The lowest BCUT2D eigenvalue weighted by atomic mass is 10.0. The van der Waals surface area contributed by atoms with Crippen LogP contribution >= 0.6 is 0 Å². The molecule has 9 N–H and O–H groups in total. The van der Waals surface area contributed by atoms with Gasteiger partial charge in [0, 0.05) is 6.42 Å². The first-order valence-electron chi connectivity index (χ1n) is 10.5. The summed E-state index contributed by atoms with van der Waals surface area (Å²) in [6, 6.07) is -5.13. The smallest absolute Gasteiger partial charge is 0.326 e. The zero-order valence-corrected chi connectivity index (χ0v) is 19.3. The van der Waals surface area contributed by atoms with Gasteiger partial charge in [0.15, 0.2) is 0 Å². The van der Waals surface area contributed by atoms with Crippen molar-refractivity contribution in [3.05, 3.63) is 0 Å². The molecule has 4 atom stereocenters.